The number of carbonyl (C=O) groups excluding carboxylic acids is 1. The Morgan fingerprint density at radius 3 is 3.14 bits per heavy atom. The van der Waals surface area contributed by atoms with E-state index in [1.165, 1.54) is 11.3 Å². The highest BCUT2D eigenvalue weighted by Crippen LogP contribution is 2.23. The van der Waals surface area contributed by atoms with Gasteiger partial charge >= 0.3 is 0 Å². The van der Waals surface area contributed by atoms with Crippen molar-refractivity contribution >= 4 is 23.1 Å². The molecule has 0 atom stereocenters. The molecule has 21 heavy (non-hydrogen) atoms. The third kappa shape index (κ3) is 5.09. The highest BCUT2D eigenvalue weighted by atomic mass is 32.1. The fourth-order valence-corrected chi connectivity index (χ4v) is 2.37. The second-order valence-corrected chi connectivity index (χ2v) is 5.13. The van der Waals surface area contributed by atoms with Crippen molar-refractivity contribution in [2.24, 2.45) is 0 Å². The molecule has 0 bridgehead atoms. The molecule has 0 saturated heterocycles. The SMILES string of the molecule is C=CCOCCCC(=O)Nc1csc(-c2ccccn2)n1. The Morgan fingerprint density at radius 2 is 2.38 bits per heavy atom. The van der Waals surface area contributed by atoms with E-state index in [2.05, 4.69) is 21.9 Å². The fraction of sp³-hybridized carbons (Fsp3) is 0.267. The molecule has 1 amide bonds. The van der Waals surface area contributed by atoms with Gasteiger partial charge in [0, 0.05) is 24.6 Å². The molecular weight excluding hydrogens is 286 g/mol. The van der Waals surface area contributed by atoms with Crippen molar-refractivity contribution in [1.82, 2.24) is 9.97 Å². The molecule has 0 fully saturated rings. The standard InChI is InChI=1S/C15H17N3O2S/c1-2-9-20-10-5-7-14(19)17-13-11-21-15(18-13)12-6-3-4-8-16-12/h2-4,6,8,11H,1,5,7,9-10H2,(H,17,19). The van der Waals surface area contributed by atoms with Gasteiger partial charge in [0.25, 0.3) is 0 Å². The average molecular weight is 303 g/mol. The Labute approximate surface area is 127 Å². The molecule has 2 aromatic heterocycles. The summed E-state index contributed by atoms with van der Waals surface area (Å²) in [6.45, 7) is 4.63. The Morgan fingerprint density at radius 1 is 1.48 bits per heavy atom. The van der Waals surface area contributed by atoms with Crippen molar-refractivity contribution in [3.05, 3.63) is 42.4 Å². The summed E-state index contributed by atoms with van der Waals surface area (Å²) in [5, 5.41) is 5.39. The van der Waals surface area contributed by atoms with Crippen LogP contribution in [-0.4, -0.2) is 29.1 Å². The van der Waals surface area contributed by atoms with E-state index in [1.54, 1.807) is 12.3 Å². The third-order valence-corrected chi connectivity index (χ3v) is 3.45. The largest absolute Gasteiger partial charge is 0.377 e. The number of rotatable bonds is 8. The van der Waals surface area contributed by atoms with E-state index < -0.39 is 0 Å². The molecule has 6 heteroatoms. The number of carbonyl (C=O) groups is 1. The van der Waals surface area contributed by atoms with Gasteiger partial charge in [0.05, 0.1) is 12.3 Å². The lowest BCUT2D eigenvalue weighted by Crippen LogP contribution is -2.12. The quantitative estimate of drug-likeness (QED) is 0.601. The molecule has 2 rings (SSSR count). The minimum atomic E-state index is -0.0601. The number of nitrogens with one attached hydrogen (secondary N) is 1. The molecule has 110 valence electrons. The third-order valence-electron chi connectivity index (χ3n) is 2.58. The highest BCUT2D eigenvalue weighted by Gasteiger charge is 2.08. The van der Waals surface area contributed by atoms with Crippen LogP contribution in [0.3, 0.4) is 0 Å². The van der Waals surface area contributed by atoms with Gasteiger partial charge in [-0.3, -0.25) is 9.78 Å². The number of thiazole rings is 1. The topological polar surface area (TPSA) is 64.1 Å². The van der Waals surface area contributed by atoms with Crippen molar-refractivity contribution in [1.29, 1.82) is 0 Å². The summed E-state index contributed by atoms with van der Waals surface area (Å²) in [5.74, 6) is 0.507. The van der Waals surface area contributed by atoms with E-state index in [-0.39, 0.29) is 5.91 Å². The highest BCUT2D eigenvalue weighted by molar-refractivity contribution is 7.13. The van der Waals surface area contributed by atoms with Crippen molar-refractivity contribution in [3.63, 3.8) is 0 Å². The Kier molecular flexibility index (Phi) is 6.05. The number of ether oxygens (including phenoxy) is 1. The lowest BCUT2D eigenvalue weighted by Gasteiger charge is -2.02. The number of hydrogen-bond acceptors (Lipinski definition) is 5. The number of nitrogens with zero attached hydrogens (tertiary/aromatic N) is 2. The van der Waals surface area contributed by atoms with Crippen LogP contribution in [0.4, 0.5) is 5.82 Å². The second kappa shape index (κ2) is 8.28. The maximum atomic E-state index is 11.8. The summed E-state index contributed by atoms with van der Waals surface area (Å²) in [6, 6.07) is 5.65. The maximum absolute atomic E-state index is 11.8. The van der Waals surface area contributed by atoms with E-state index >= 15 is 0 Å². The van der Waals surface area contributed by atoms with E-state index in [4.69, 9.17) is 4.74 Å². The summed E-state index contributed by atoms with van der Waals surface area (Å²) in [6.07, 6.45) is 4.50. The van der Waals surface area contributed by atoms with E-state index in [0.29, 0.717) is 31.9 Å². The minimum Gasteiger partial charge on any atom is -0.377 e. The number of pyridine rings is 1. The lowest BCUT2D eigenvalue weighted by atomic mass is 10.3. The molecule has 0 unspecified atom stereocenters. The van der Waals surface area contributed by atoms with Crippen molar-refractivity contribution < 1.29 is 9.53 Å². The van der Waals surface area contributed by atoms with Gasteiger partial charge in [0.2, 0.25) is 5.91 Å². The molecule has 2 heterocycles. The lowest BCUT2D eigenvalue weighted by molar-refractivity contribution is -0.116. The van der Waals surface area contributed by atoms with Crippen LogP contribution in [0.15, 0.2) is 42.4 Å². The van der Waals surface area contributed by atoms with E-state index in [9.17, 15) is 4.79 Å². The Hall–Kier alpha value is -2.05. The summed E-state index contributed by atoms with van der Waals surface area (Å²) in [4.78, 5) is 20.3. The van der Waals surface area contributed by atoms with Crippen molar-refractivity contribution in [2.75, 3.05) is 18.5 Å². The van der Waals surface area contributed by atoms with Crippen LogP contribution in [0.1, 0.15) is 12.8 Å². The van der Waals surface area contributed by atoms with Gasteiger partial charge in [0.1, 0.15) is 10.8 Å². The zero-order valence-electron chi connectivity index (χ0n) is 11.6. The first-order valence-electron chi connectivity index (χ1n) is 6.65. The van der Waals surface area contributed by atoms with Crippen LogP contribution in [0.2, 0.25) is 0 Å². The first-order valence-corrected chi connectivity index (χ1v) is 7.53. The van der Waals surface area contributed by atoms with Crippen LogP contribution in [0, 0.1) is 0 Å². The van der Waals surface area contributed by atoms with Gasteiger partial charge in [-0.1, -0.05) is 12.1 Å². The number of amides is 1. The fourth-order valence-electron chi connectivity index (χ4n) is 1.64. The monoisotopic (exact) mass is 303 g/mol. The second-order valence-electron chi connectivity index (χ2n) is 4.27. The van der Waals surface area contributed by atoms with Crippen LogP contribution in [0.5, 0.6) is 0 Å². The van der Waals surface area contributed by atoms with Crippen LogP contribution in [0.25, 0.3) is 10.7 Å². The van der Waals surface area contributed by atoms with Gasteiger partial charge in [0.15, 0.2) is 0 Å². The predicted octanol–water partition coefficient (Wildman–Crippen LogP) is 3.13. The predicted molar refractivity (Wildman–Crippen MR) is 84.2 cm³/mol. The van der Waals surface area contributed by atoms with Gasteiger partial charge in [-0.15, -0.1) is 17.9 Å². The zero-order chi connectivity index (χ0) is 14.9. The van der Waals surface area contributed by atoms with Gasteiger partial charge in [-0.05, 0) is 18.6 Å². The molecule has 0 aliphatic carbocycles. The molecule has 1 N–H and O–H groups in total. The van der Waals surface area contributed by atoms with Crippen LogP contribution < -0.4 is 5.32 Å². The summed E-state index contributed by atoms with van der Waals surface area (Å²) >= 11 is 1.46. The summed E-state index contributed by atoms with van der Waals surface area (Å²) < 4.78 is 5.23. The smallest absolute Gasteiger partial charge is 0.225 e. The molecular formula is C15H17N3O2S. The Balaban J connectivity index is 1.80. The molecule has 0 aromatic carbocycles. The van der Waals surface area contributed by atoms with Gasteiger partial charge in [-0.25, -0.2) is 4.98 Å². The Bertz CT molecular complexity index is 584. The molecule has 0 aliphatic rings. The first-order chi connectivity index (χ1) is 10.3. The maximum Gasteiger partial charge on any atom is 0.225 e. The van der Waals surface area contributed by atoms with Crippen LogP contribution >= 0.6 is 11.3 Å². The molecule has 0 spiro atoms. The average Bonchev–Trinajstić information content (AvgIpc) is 2.96. The summed E-state index contributed by atoms with van der Waals surface area (Å²) in [7, 11) is 0. The van der Waals surface area contributed by atoms with Gasteiger partial charge < -0.3 is 10.1 Å². The molecule has 2 aromatic rings. The number of hydrogen-bond donors (Lipinski definition) is 1. The molecule has 0 aliphatic heterocycles. The number of anilines is 1. The normalized spacial score (nSPS) is 10.3. The minimum absolute atomic E-state index is 0.0601. The van der Waals surface area contributed by atoms with Crippen LogP contribution in [-0.2, 0) is 9.53 Å². The van der Waals surface area contributed by atoms with Crippen molar-refractivity contribution in [3.8, 4) is 10.7 Å². The van der Waals surface area contributed by atoms with E-state index in [1.807, 2.05) is 23.6 Å². The molecule has 0 radical (unpaired) electrons. The summed E-state index contributed by atoms with van der Waals surface area (Å²) in [5.41, 5.74) is 0.806. The van der Waals surface area contributed by atoms with Gasteiger partial charge in [-0.2, -0.15) is 0 Å². The molecule has 5 nitrogen and oxygen atoms in total. The molecule has 0 saturated carbocycles. The first kappa shape index (κ1) is 15.3. The van der Waals surface area contributed by atoms with Crippen molar-refractivity contribution in [2.45, 2.75) is 12.8 Å². The number of aromatic nitrogens is 2. The van der Waals surface area contributed by atoms with E-state index in [0.717, 1.165) is 10.7 Å². The zero-order valence-corrected chi connectivity index (χ0v) is 12.4.